The summed E-state index contributed by atoms with van der Waals surface area (Å²) in [6, 6.07) is 8.74. The second-order valence-electron chi connectivity index (χ2n) is 5.57. The molecule has 0 fully saturated rings. The monoisotopic (exact) mass is 389 g/mol. The zero-order chi connectivity index (χ0) is 18.5. The second kappa shape index (κ2) is 8.16. The van der Waals surface area contributed by atoms with Gasteiger partial charge in [0.2, 0.25) is 5.91 Å². The van der Waals surface area contributed by atoms with Gasteiger partial charge >= 0.3 is 4.87 Å². The standard InChI is InChI=1S/C18H16ClN3O3S/c1-12-11-26-18(24)22(12)9-17(23)21-14-4-5-16(15(19)7-14)25-10-13-3-2-6-20-8-13/h2-8,11H,9-10H2,1H3,(H,21,23). The van der Waals surface area contributed by atoms with Crippen LogP contribution in [-0.2, 0) is 17.9 Å². The van der Waals surface area contributed by atoms with Crippen molar-refractivity contribution in [2.45, 2.75) is 20.1 Å². The van der Waals surface area contributed by atoms with Crippen LogP contribution in [0.1, 0.15) is 11.3 Å². The zero-order valence-electron chi connectivity index (χ0n) is 13.9. The SMILES string of the molecule is Cc1csc(=O)n1CC(=O)Nc1ccc(OCc2cccnc2)c(Cl)c1. The van der Waals surface area contributed by atoms with E-state index in [1.165, 1.54) is 4.57 Å². The molecule has 3 rings (SSSR count). The van der Waals surface area contributed by atoms with Crippen molar-refractivity contribution in [3.63, 3.8) is 0 Å². The molecule has 0 aliphatic heterocycles. The average Bonchev–Trinajstić information content (AvgIpc) is 2.94. The highest BCUT2D eigenvalue weighted by molar-refractivity contribution is 7.07. The molecule has 2 heterocycles. The molecule has 0 unspecified atom stereocenters. The van der Waals surface area contributed by atoms with Gasteiger partial charge in [-0.2, -0.15) is 0 Å². The fourth-order valence-electron chi connectivity index (χ4n) is 2.28. The maximum atomic E-state index is 12.1. The van der Waals surface area contributed by atoms with E-state index in [0.29, 0.717) is 23.1 Å². The minimum atomic E-state index is -0.298. The molecule has 3 aromatic rings. The summed E-state index contributed by atoms with van der Waals surface area (Å²) in [7, 11) is 0. The maximum Gasteiger partial charge on any atom is 0.307 e. The van der Waals surface area contributed by atoms with Crippen LogP contribution in [0.25, 0.3) is 0 Å². The van der Waals surface area contributed by atoms with Crippen molar-refractivity contribution in [1.29, 1.82) is 0 Å². The Bertz CT molecular complexity index is 969. The molecule has 0 aliphatic rings. The van der Waals surface area contributed by atoms with Crippen LogP contribution in [0.5, 0.6) is 5.75 Å². The number of rotatable bonds is 6. The summed E-state index contributed by atoms with van der Waals surface area (Å²) in [5, 5.41) is 4.84. The Morgan fingerprint density at radius 1 is 1.38 bits per heavy atom. The van der Waals surface area contributed by atoms with Crippen LogP contribution >= 0.6 is 22.9 Å². The summed E-state index contributed by atoms with van der Waals surface area (Å²) in [5.41, 5.74) is 2.22. The number of nitrogens with zero attached hydrogens (tertiary/aromatic N) is 2. The Hall–Kier alpha value is -2.64. The molecule has 1 N–H and O–H groups in total. The molecule has 1 aromatic carbocycles. The van der Waals surface area contributed by atoms with E-state index >= 15 is 0 Å². The first-order valence-corrected chi connectivity index (χ1v) is 9.05. The van der Waals surface area contributed by atoms with E-state index in [1.807, 2.05) is 12.1 Å². The summed E-state index contributed by atoms with van der Waals surface area (Å²) in [6.45, 7) is 2.10. The molecule has 0 atom stereocenters. The molecule has 0 radical (unpaired) electrons. The van der Waals surface area contributed by atoms with Gasteiger partial charge in [-0.3, -0.25) is 19.1 Å². The van der Waals surface area contributed by atoms with E-state index in [-0.39, 0.29) is 17.3 Å². The number of hydrogen-bond acceptors (Lipinski definition) is 5. The van der Waals surface area contributed by atoms with Gasteiger partial charge in [0.05, 0.1) is 5.02 Å². The van der Waals surface area contributed by atoms with Gasteiger partial charge in [0.25, 0.3) is 0 Å². The Labute approximate surface area is 159 Å². The summed E-state index contributed by atoms with van der Waals surface area (Å²) in [4.78, 5) is 27.7. The summed E-state index contributed by atoms with van der Waals surface area (Å²) >= 11 is 7.30. The summed E-state index contributed by atoms with van der Waals surface area (Å²) in [5.74, 6) is 0.215. The topological polar surface area (TPSA) is 73.2 Å². The average molecular weight is 390 g/mol. The molecular formula is C18H16ClN3O3S. The predicted octanol–water partition coefficient (Wildman–Crippen LogP) is 3.48. The molecule has 26 heavy (non-hydrogen) atoms. The molecule has 0 saturated heterocycles. The van der Waals surface area contributed by atoms with Crippen LogP contribution in [0.3, 0.4) is 0 Å². The summed E-state index contributed by atoms with van der Waals surface area (Å²) in [6.07, 6.45) is 3.41. The Balaban J connectivity index is 1.62. The van der Waals surface area contributed by atoms with Crippen LogP contribution in [0.4, 0.5) is 5.69 Å². The van der Waals surface area contributed by atoms with Crippen molar-refractivity contribution in [3.05, 3.63) is 74.1 Å². The molecule has 8 heteroatoms. The van der Waals surface area contributed by atoms with Crippen LogP contribution in [-0.4, -0.2) is 15.5 Å². The number of pyridine rings is 1. The lowest BCUT2D eigenvalue weighted by Crippen LogP contribution is -2.25. The van der Waals surface area contributed by atoms with Crippen LogP contribution in [0.2, 0.25) is 5.02 Å². The van der Waals surface area contributed by atoms with Gasteiger partial charge in [0.15, 0.2) is 0 Å². The van der Waals surface area contributed by atoms with Gasteiger partial charge in [-0.15, -0.1) is 0 Å². The third-order valence-corrected chi connectivity index (χ3v) is 4.79. The number of benzene rings is 1. The second-order valence-corrected chi connectivity index (χ2v) is 6.80. The number of anilines is 1. The lowest BCUT2D eigenvalue weighted by atomic mass is 10.3. The van der Waals surface area contributed by atoms with E-state index < -0.39 is 0 Å². The number of aryl methyl sites for hydroxylation is 1. The molecule has 134 valence electrons. The van der Waals surface area contributed by atoms with Gasteiger partial charge in [-0.05, 0) is 31.2 Å². The number of amides is 1. The number of carbonyl (C=O) groups excluding carboxylic acids is 1. The van der Waals surface area contributed by atoms with E-state index in [9.17, 15) is 9.59 Å². The quantitative estimate of drug-likeness (QED) is 0.700. The summed E-state index contributed by atoms with van der Waals surface area (Å²) < 4.78 is 7.09. The molecule has 0 spiro atoms. The minimum Gasteiger partial charge on any atom is -0.487 e. The molecular weight excluding hydrogens is 374 g/mol. The van der Waals surface area contributed by atoms with Gasteiger partial charge in [0.1, 0.15) is 18.9 Å². The van der Waals surface area contributed by atoms with Gasteiger partial charge < -0.3 is 10.1 Å². The Morgan fingerprint density at radius 2 is 2.23 bits per heavy atom. The number of ether oxygens (including phenoxy) is 1. The fraction of sp³-hybridized carbons (Fsp3) is 0.167. The third-order valence-electron chi connectivity index (χ3n) is 3.61. The fourth-order valence-corrected chi connectivity index (χ4v) is 3.25. The van der Waals surface area contributed by atoms with E-state index in [2.05, 4.69) is 10.3 Å². The lowest BCUT2D eigenvalue weighted by Gasteiger charge is -2.11. The predicted molar refractivity (Wildman–Crippen MR) is 102 cm³/mol. The molecule has 0 aliphatic carbocycles. The first-order valence-electron chi connectivity index (χ1n) is 7.79. The van der Waals surface area contributed by atoms with Crippen molar-refractivity contribution in [2.24, 2.45) is 0 Å². The van der Waals surface area contributed by atoms with E-state index in [4.69, 9.17) is 16.3 Å². The largest absolute Gasteiger partial charge is 0.487 e. The van der Waals surface area contributed by atoms with Crippen LogP contribution in [0, 0.1) is 6.92 Å². The van der Waals surface area contributed by atoms with Crippen molar-refractivity contribution in [3.8, 4) is 5.75 Å². The zero-order valence-corrected chi connectivity index (χ0v) is 15.5. The highest BCUT2D eigenvalue weighted by Crippen LogP contribution is 2.28. The van der Waals surface area contributed by atoms with Crippen molar-refractivity contribution < 1.29 is 9.53 Å². The van der Waals surface area contributed by atoms with Crippen LogP contribution < -0.4 is 14.9 Å². The highest BCUT2D eigenvalue weighted by Gasteiger charge is 2.10. The van der Waals surface area contributed by atoms with Gasteiger partial charge in [0, 0.05) is 34.7 Å². The van der Waals surface area contributed by atoms with E-state index in [0.717, 1.165) is 22.6 Å². The first kappa shape index (κ1) is 18.2. The van der Waals surface area contributed by atoms with Gasteiger partial charge in [-0.25, -0.2) is 0 Å². The molecule has 0 saturated carbocycles. The number of thiazole rings is 1. The molecule has 0 bridgehead atoms. The van der Waals surface area contributed by atoms with Crippen LogP contribution in [0.15, 0.2) is 52.9 Å². The molecule has 2 aromatic heterocycles. The first-order chi connectivity index (χ1) is 12.5. The van der Waals surface area contributed by atoms with Gasteiger partial charge in [-0.1, -0.05) is 29.0 Å². The maximum absolute atomic E-state index is 12.1. The number of aromatic nitrogens is 2. The number of nitrogens with one attached hydrogen (secondary N) is 1. The number of carbonyl (C=O) groups is 1. The Kier molecular flexibility index (Phi) is 5.70. The van der Waals surface area contributed by atoms with Crippen molar-refractivity contribution >= 4 is 34.5 Å². The molecule has 6 nitrogen and oxygen atoms in total. The van der Waals surface area contributed by atoms with E-state index in [1.54, 1.807) is 42.9 Å². The highest BCUT2D eigenvalue weighted by atomic mass is 35.5. The smallest absolute Gasteiger partial charge is 0.307 e. The van der Waals surface area contributed by atoms with Crippen molar-refractivity contribution in [1.82, 2.24) is 9.55 Å². The number of halogens is 1. The third kappa shape index (κ3) is 4.50. The molecule has 1 amide bonds. The van der Waals surface area contributed by atoms with Crippen molar-refractivity contribution in [2.75, 3.05) is 5.32 Å². The lowest BCUT2D eigenvalue weighted by molar-refractivity contribution is -0.116. The number of hydrogen-bond donors (Lipinski definition) is 1. The normalized spacial score (nSPS) is 10.5. The Morgan fingerprint density at radius 3 is 2.88 bits per heavy atom. The minimum absolute atomic E-state index is 0.0367.